The molecule has 3 heteroatoms. The number of pyridine rings is 1. The van der Waals surface area contributed by atoms with E-state index in [4.69, 9.17) is 11.6 Å². The Kier molecular flexibility index (Phi) is 5.63. The van der Waals surface area contributed by atoms with Gasteiger partial charge < -0.3 is 5.32 Å². The lowest BCUT2D eigenvalue weighted by Gasteiger charge is -2.17. The summed E-state index contributed by atoms with van der Waals surface area (Å²) in [6.45, 7) is 6.35. The number of nitrogens with zero attached hydrogens (tertiary/aromatic N) is 1. The molecule has 0 radical (unpaired) electrons. The van der Waals surface area contributed by atoms with Gasteiger partial charge >= 0.3 is 0 Å². The number of hydrogen-bond donors (Lipinski definition) is 1. The lowest BCUT2D eigenvalue weighted by atomic mass is 10.0. The van der Waals surface area contributed by atoms with Crippen molar-refractivity contribution in [3.05, 3.63) is 58.4 Å². The van der Waals surface area contributed by atoms with Crippen molar-refractivity contribution in [1.82, 2.24) is 4.98 Å². The first-order chi connectivity index (χ1) is 10.1. The summed E-state index contributed by atoms with van der Waals surface area (Å²) in [6, 6.07) is 12.9. The van der Waals surface area contributed by atoms with Gasteiger partial charge in [0.2, 0.25) is 0 Å². The monoisotopic (exact) mass is 302 g/mol. The minimum Gasteiger partial charge on any atom is -0.377 e. The van der Waals surface area contributed by atoms with Crippen LogP contribution in [0.2, 0.25) is 5.15 Å². The van der Waals surface area contributed by atoms with Crippen molar-refractivity contribution in [2.45, 2.75) is 46.1 Å². The first kappa shape index (κ1) is 15.8. The Labute approximate surface area is 132 Å². The van der Waals surface area contributed by atoms with Gasteiger partial charge in [0.05, 0.1) is 11.4 Å². The van der Waals surface area contributed by atoms with Gasteiger partial charge in [0.25, 0.3) is 0 Å². The topological polar surface area (TPSA) is 24.9 Å². The highest BCUT2D eigenvalue weighted by Gasteiger charge is 2.08. The third-order valence-electron chi connectivity index (χ3n) is 3.72. The molecule has 0 saturated heterocycles. The van der Waals surface area contributed by atoms with E-state index in [1.807, 2.05) is 19.1 Å². The Morgan fingerprint density at radius 3 is 2.48 bits per heavy atom. The Morgan fingerprint density at radius 1 is 1.14 bits per heavy atom. The molecule has 0 spiro atoms. The average molecular weight is 303 g/mol. The SMILES string of the molecule is CCCCc1ccc(C(C)Nc2ccc(Cl)nc2C)cc1. The Balaban J connectivity index is 2.04. The number of benzene rings is 1. The van der Waals surface area contributed by atoms with E-state index in [0.29, 0.717) is 5.15 Å². The van der Waals surface area contributed by atoms with Crippen molar-refractivity contribution in [2.75, 3.05) is 5.32 Å². The molecule has 1 atom stereocenters. The second kappa shape index (κ2) is 7.46. The van der Waals surface area contributed by atoms with Gasteiger partial charge in [-0.25, -0.2) is 4.98 Å². The van der Waals surface area contributed by atoms with Gasteiger partial charge in [-0.2, -0.15) is 0 Å². The van der Waals surface area contributed by atoms with Crippen molar-refractivity contribution in [3.8, 4) is 0 Å². The Hall–Kier alpha value is -1.54. The fraction of sp³-hybridized carbons (Fsp3) is 0.389. The van der Waals surface area contributed by atoms with E-state index in [1.165, 1.54) is 30.4 Å². The van der Waals surface area contributed by atoms with Gasteiger partial charge in [-0.05, 0) is 49.9 Å². The maximum Gasteiger partial charge on any atom is 0.129 e. The highest BCUT2D eigenvalue weighted by Crippen LogP contribution is 2.23. The zero-order valence-electron chi connectivity index (χ0n) is 13.0. The van der Waals surface area contributed by atoms with E-state index < -0.39 is 0 Å². The zero-order chi connectivity index (χ0) is 15.2. The van der Waals surface area contributed by atoms with Crippen molar-refractivity contribution in [2.24, 2.45) is 0 Å². The minimum absolute atomic E-state index is 0.243. The maximum atomic E-state index is 5.89. The van der Waals surface area contributed by atoms with Crippen LogP contribution >= 0.6 is 11.6 Å². The number of halogens is 1. The van der Waals surface area contributed by atoms with Crippen LogP contribution in [0.5, 0.6) is 0 Å². The molecule has 0 aliphatic heterocycles. The predicted molar refractivity (Wildman–Crippen MR) is 91.1 cm³/mol. The Morgan fingerprint density at radius 2 is 1.86 bits per heavy atom. The van der Waals surface area contributed by atoms with E-state index in [1.54, 1.807) is 0 Å². The quantitative estimate of drug-likeness (QED) is 0.707. The van der Waals surface area contributed by atoms with Crippen LogP contribution in [0, 0.1) is 6.92 Å². The summed E-state index contributed by atoms with van der Waals surface area (Å²) in [5.74, 6) is 0. The standard InChI is InChI=1S/C18H23ClN2/c1-4-5-6-15-7-9-16(10-8-15)13(2)20-17-11-12-18(19)21-14(17)3/h7-13,20H,4-6H2,1-3H3. The summed E-state index contributed by atoms with van der Waals surface area (Å²) in [6.07, 6.45) is 3.66. The smallest absolute Gasteiger partial charge is 0.129 e. The molecule has 0 bridgehead atoms. The van der Waals surface area contributed by atoms with Gasteiger partial charge in [-0.3, -0.25) is 0 Å². The highest BCUT2D eigenvalue weighted by atomic mass is 35.5. The molecular weight excluding hydrogens is 280 g/mol. The summed E-state index contributed by atoms with van der Waals surface area (Å²) in [5, 5.41) is 4.03. The van der Waals surface area contributed by atoms with Crippen molar-refractivity contribution in [3.63, 3.8) is 0 Å². The van der Waals surface area contributed by atoms with Crippen LogP contribution in [0.1, 0.15) is 49.6 Å². The van der Waals surface area contributed by atoms with Crippen molar-refractivity contribution < 1.29 is 0 Å². The summed E-state index contributed by atoms with van der Waals surface area (Å²) < 4.78 is 0. The maximum absolute atomic E-state index is 5.89. The Bertz CT molecular complexity index is 578. The van der Waals surface area contributed by atoms with Crippen LogP contribution in [0.25, 0.3) is 0 Å². The van der Waals surface area contributed by atoms with Crippen LogP contribution in [0.15, 0.2) is 36.4 Å². The van der Waals surface area contributed by atoms with Gasteiger partial charge in [0.15, 0.2) is 0 Å². The molecule has 0 fully saturated rings. The fourth-order valence-electron chi connectivity index (χ4n) is 2.35. The molecule has 2 rings (SSSR count). The van der Waals surface area contributed by atoms with E-state index >= 15 is 0 Å². The van der Waals surface area contributed by atoms with Gasteiger partial charge in [-0.1, -0.05) is 49.2 Å². The number of unbranched alkanes of at least 4 members (excludes halogenated alkanes) is 1. The highest BCUT2D eigenvalue weighted by molar-refractivity contribution is 6.29. The molecule has 21 heavy (non-hydrogen) atoms. The van der Waals surface area contributed by atoms with E-state index in [-0.39, 0.29) is 6.04 Å². The average Bonchev–Trinajstić information content (AvgIpc) is 2.48. The normalized spacial score (nSPS) is 12.2. The molecule has 1 aromatic heterocycles. The number of aromatic nitrogens is 1. The van der Waals surface area contributed by atoms with Gasteiger partial charge in [-0.15, -0.1) is 0 Å². The van der Waals surface area contributed by atoms with Gasteiger partial charge in [0.1, 0.15) is 5.15 Å². The van der Waals surface area contributed by atoms with Crippen LogP contribution in [-0.4, -0.2) is 4.98 Å². The number of nitrogens with one attached hydrogen (secondary N) is 1. The third-order valence-corrected chi connectivity index (χ3v) is 3.93. The second-order valence-corrected chi connectivity index (χ2v) is 5.87. The second-order valence-electron chi connectivity index (χ2n) is 5.48. The minimum atomic E-state index is 0.243. The summed E-state index contributed by atoms with van der Waals surface area (Å²) in [5.41, 5.74) is 4.65. The van der Waals surface area contributed by atoms with Crippen LogP contribution in [0.4, 0.5) is 5.69 Å². The van der Waals surface area contributed by atoms with E-state index in [2.05, 4.69) is 48.4 Å². The summed E-state index contributed by atoms with van der Waals surface area (Å²) in [4.78, 5) is 4.27. The molecule has 0 aliphatic rings. The fourth-order valence-corrected chi connectivity index (χ4v) is 2.54. The molecule has 0 saturated carbocycles. The summed E-state index contributed by atoms with van der Waals surface area (Å²) >= 11 is 5.89. The van der Waals surface area contributed by atoms with Crippen LogP contribution in [-0.2, 0) is 6.42 Å². The molecule has 1 aromatic carbocycles. The molecule has 0 aliphatic carbocycles. The van der Waals surface area contributed by atoms with Crippen molar-refractivity contribution >= 4 is 17.3 Å². The summed E-state index contributed by atoms with van der Waals surface area (Å²) in [7, 11) is 0. The molecule has 112 valence electrons. The number of hydrogen-bond acceptors (Lipinski definition) is 2. The lowest BCUT2D eigenvalue weighted by molar-refractivity contribution is 0.793. The molecular formula is C18H23ClN2. The first-order valence-corrected chi connectivity index (χ1v) is 7.96. The molecule has 1 unspecified atom stereocenters. The lowest BCUT2D eigenvalue weighted by Crippen LogP contribution is -2.08. The molecule has 0 amide bonds. The van der Waals surface area contributed by atoms with E-state index in [0.717, 1.165) is 11.4 Å². The largest absolute Gasteiger partial charge is 0.377 e. The number of rotatable bonds is 6. The third kappa shape index (κ3) is 4.47. The number of anilines is 1. The van der Waals surface area contributed by atoms with Crippen LogP contribution in [0.3, 0.4) is 0 Å². The molecule has 1 N–H and O–H groups in total. The van der Waals surface area contributed by atoms with Gasteiger partial charge in [0, 0.05) is 6.04 Å². The van der Waals surface area contributed by atoms with Crippen molar-refractivity contribution in [1.29, 1.82) is 0 Å². The van der Waals surface area contributed by atoms with Crippen LogP contribution < -0.4 is 5.32 Å². The molecule has 2 nitrogen and oxygen atoms in total. The first-order valence-electron chi connectivity index (χ1n) is 7.58. The zero-order valence-corrected chi connectivity index (χ0v) is 13.7. The molecule has 1 heterocycles. The molecule has 2 aromatic rings. The number of aryl methyl sites for hydroxylation is 2. The predicted octanol–water partition coefficient (Wildman–Crippen LogP) is 5.56. The van der Waals surface area contributed by atoms with E-state index in [9.17, 15) is 0 Å².